The number of hydrogen-bond acceptors (Lipinski definition) is 6. The minimum atomic E-state index is -0.141. The molecule has 3 aliphatic rings. The quantitative estimate of drug-likeness (QED) is 0.841. The van der Waals surface area contributed by atoms with Gasteiger partial charge in [-0.2, -0.15) is 4.98 Å². The van der Waals surface area contributed by atoms with Gasteiger partial charge in [0.25, 0.3) is 5.91 Å². The fourth-order valence-electron chi connectivity index (χ4n) is 5.15. The van der Waals surface area contributed by atoms with Gasteiger partial charge >= 0.3 is 0 Å². The van der Waals surface area contributed by atoms with Crippen molar-refractivity contribution in [1.82, 2.24) is 15.3 Å². The number of aryl methyl sites for hydroxylation is 1. The molecule has 0 saturated carbocycles. The number of carbonyl (C=O) groups excluding carboxylic acids is 1. The van der Waals surface area contributed by atoms with Crippen molar-refractivity contribution in [1.29, 1.82) is 0 Å². The van der Waals surface area contributed by atoms with Gasteiger partial charge in [0.1, 0.15) is 5.82 Å². The molecule has 3 aliphatic heterocycles. The summed E-state index contributed by atoms with van der Waals surface area (Å²) in [5.41, 5.74) is 7.54. The van der Waals surface area contributed by atoms with Gasteiger partial charge in [-0.3, -0.25) is 4.79 Å². The third kappa shape index (κ3) is 2.81. The van der Waals surface area contributed by atoms with E-state index in [1.165, 1.54) is 0 Å². The maximum absolute atomic E-state index is 12.5. The van der Waals surface area contributed by atoms with Crippen molar-refractivity contribution in [2.75, 3.05) is 30.3 Å². The van der Waals surface area contributed by atoms with E-state index in [-0.39, 0.29) is 17.6 Å². The minimum absolute atomic E-state index is 0.0224. The Morgan fingerprint density at radius 2 is 2.18 bits per heavy atom. The number of nitrogens with two attached hydrogens (primary N) is 1. The molecule has 1 spiro atoms. The molecule has 5 rings (SSSR count). The molecule has 3 saturated heterocycles. The van der Waals surface area contributed by atoms with Gasteiger partial charge in [-0.05, 0) is 38.0 Å². The topological polar surface area (TPSA) is 93.4 Å². The summed E-state index contributed by atoms with van der Waals surface area (Å²) >= 11 is 0. The Morgan fingerprint density at radius 1 is 1.36 bits per heavy atom. The molecule has 1 aromatic carbocycles. The van der Waals surface area contributed by atoms with Crippen LogP contribution < -0.4 is 16.0 Å². The Bertz CT molecular complexity index is 902. The highest BCUT2D eigenvalue weighted by molar-refractivity contribution is 5.94. The van der Waals surface area contributed by atoms with E-state index in [9.17, 15) is 4.79 Å². The fourth-order valence-corrected chi connectivity index (χ4v) is 5.15. The van der Waals surface area contributed by atoms with Crippen molar-refractivity contribution in [3.05, 3.63) is 47.7 Å². The molecule has 146 valence electrons. The lowest BCUT2D eigenvalue weighted by Crippen LogP contribution is -2.41. The van der Waals surface area contributed by atoms with Crippen molar-refractivity contribution in [2.45, 2.75) is 31.5 Å². The molecule has 0 aliphatic carbocycles. The molecule has 4 heterocycles. The van der Waals surface area contributed by atoms with Crippen LogP contribution in [0.3, 0.4) is 0 Å². The molecule has 28 heavy (non-hydrogen) atoms. The molecule has 3 fully saturated rings. The number of hydrogen-bond donors (Lipinski definition) is 2. The first kappa shape index (κ1) is 17.4. The lowest BCUT2D eigenvalue weighted by atomic mass is 9.73. The SMILES string of the molecule is Cc1ccc(C(=O)NC[C@H]2[C@H]3CN(c4nccc(N)n4)C[C@]34CC[C@H]2O4)cc1. The third-order valence-electron chi connectivity index (χ3n) is 6.54. The van der Waals surface area contributed by atoms with E-state index in [0.29, 0.717) is 35.7 Å². The van der Waals surface area contributed by atoms with Crippen LogP contribution in [-0.4, -0.2) is 47.2 Å². The second kappa shape index (κ2) is 6.44. The molecule has 1 amide bonds. The number of benzene rings is 1. The molecule has 2 aromatic rings. The number of amides is 1. The van der Waals surface area contributed by atoms with Gasteiger partial charge in [-0.1, -0.05) is 17.7 Å². The van der Waals surface area contributed by atoms with Gasteiger partial charge in [0.15, 0.2) is 0 Å². The fraction of sp³-hybridized carbons (Fsp3) is 0.476. The Hall–Kier alpha value is -2.67. The first-order valence-electron chi connectivity index (χ1n) is 9.90. The van der Waals surface area contributed by atoms with Crippen LogP contribution in [0.15, 0.2) is 36.5 Å². The van der Waals surface area contributed by atoms with E-state index in [0.717, 1.165) is 31.5 Å². The maximum atomic E-state index is 12.5. The molecule has 1 aromatic heterocycles. The molecule has 7 heteroatoms. The standard InChI is InChI=1S/C21H25N5O2/c1-13-2-4-14(5-3-13)19(27)24-10-15-16-11-26(20-23-9-7-18(22)25-20)12-21(16)8-6-17(15)28-21/h2-5,7,9,15-17H,6,8,10-12H2,1H3,(H,24,27)(H2,22,23,25)/t15-,16+,17+,21+/m0/s1. The first-order valence-corrected chi connectivity index (χ1v) is 9.90. The van der Waals surface area contributed by atoms with Gasteiger partial charge in [0.05, 0.1) is 18.2 Å². The van der Waals surface area contributed by atoms with Gasteiger partial charge < -0.3 is 20.7 Å². The normalized spacial score (nSPS) is 30.5. The van der Waals surface area contributed by atoms with Crippen LogP contribution in [0.2, 0.25) is 0 Å². The van der Waals surface area contributed by atoms with Crippen LogP contribution in [0.5, 0.6) is 0 Å². The number of rotatable bonds is 4. The number of carbonyl (C=O) groups is 1. The summed E-state index contributed by atoms with van der Waals surface area (Å²) < 4.78 is 6.45. The van der Waals surface area contributed by atoms with Crippen LogP contribution in [0.1, 0.15) is 28.8 Å². The van der Waals surface area contributed by atoms with Crippen LogP contribution in [0.4, 0.5) is 11.8 Å². The number of nitrogens with one attached hydrogen (secondary N) is 1. The highest BCUT2D eigenvalue weighted by atomic mass is 16.5. The van der Waals surface area contributed by atoms with Crippen molar-refractivity contribution in [3.63, 3.8) is 0 Å². The average molecular weight is 379 g/mol. The summed E-state index contributed by atoms with van der Waals surface area (Å²) in [7, 11) is 0. The number of ether oxygens (including phenoxy) is 1. The minimum Gasteiger partial charge on any atom is -0.384 e. The van der Waals surface area contributed by atoms with Crippen molar-refractivity contribution < 1.29 is 9.53 Å². The number of aromatic nitrogens is 2. The van der Waals surface area contributed by atoms with Crippen molar-refractivity contribution in [2.24, 2.45) is 11.8 Å². The predicted octanol–water partition coefficient (Wildman–Crippen LogP) is 1.78. The maximum Gasteiger partial charge on any atom is 0.251 e. The van der Waals surface area contributed by atoms with Crippen LogP contribution in [0, 0.1) is 18.8 Å². The molecule has 0 radical (unpaired) electrons. The van der Waals surface area contributed by atoms with Crippen LogP contribution >= 0.6 is 0 Å². The Balaban J connectivity index is 1.29. The van der Waals surface area contributed by atoms with Crippen LogP contribution in [-0.2, 0) is 4.74 Å². The van der Waals surface area contributed by atoms with E-state index >= 15 is 0 Å². The molecule has 4 atom stereocenters. The van der Waals surface area contributed by atoms with Gasteiger partial charge in [0, 0.05) is 36.7 Å². The highest BCUT2D eigenvalue weighted by Gasteiger charge is 2.63. The smallest absolute Gasteiger partial charge is 0.251 e. The third-order valence-corrected chi connectivity index (χ3v) is 6.54. The van der Waals surface area contributed by atoms with Crippen LogP contribution in [0.25, 0.3) is 0 Å². The molecule has 2 bridgehead atoms. The molecule has 7 nitrogen and oxygen atoms in total. The van der Waals surface area contributed by atoms with Gasteiger partial charge in [-0.15, -0.1) is 0 Å². The van der Waals surface area contributed by atoms with Crippen molar-refractivity contribution in [3.8, 4) is 0 Å². The Kier molecular flexibility index (Phi) is 4.01. The van der Waals surface area contributed by atoms with Gasteiger partial charge in [-0.25, -0.2) is 4.98 Å². The second-order valence-electron chi connectivity index (χ2n) is 8.27. The zero-order chi connectivity index (χ0) is 19.3. The number of nitrogens with zero attached hydrogens (tertiary/aromatic N) is 3. The molecule has 0 unspecified atom stereocenters. The lowest BCUT2D eigenvalue weighted by molar-refractivity contribution is 0.0141. The van der Waals surface area contributed by atoms with Crippen molar-refractivity contribution >= 4 is 17.7 Å². The predicted molar refractivity (Wildman–Crippen MR) is 106 cm³/mol. The number of nitrogen functional groups attached to an aromatic ring is 1. The summed E-state index contributed by atoms with van der Waals surface area (Å²) in [5, 5.41) is 3.13. The number of fused-ring (bicyclic) bond motifs is 1. The largest absolute Gasteiger partial charge is 0.384 e. The molecular formula is C21H25N5O2. The van der Waals surface area contributed by atoms with E-state index in [1.54, 1.807) is 12.3 Å². The average Bonchev–Trinajstić information content (AvgIpc) is 3.35. The van der Waals surface area contributed by atoms with E-state index in [4.69, 9.17) is 10.5 Å². The molecule has 3 N–H and O–H groups in total. The zero-order valence-electron chi connectivity index (χ0n) is 16.0. The first-order chi connectivity index (χ1) is 13.5. The summed E-state index contributed by atoms with van der Waals surface area (Å²) in [5.74, 6) is 1.81. The van der Waals surface area contributed by atoms with E-state index in [2.05, 4.69) is 20.2 Å². The summed E-state index contributed by atoms with van der Waals surface area (Å²) in [6.07, 6.45) is 4.03. The van der Waals surface area contributed by atoms with E-state index in [1.807, 2.05) is 31.2 Å². The molecular weight excluding hydrogens is 354 g/mol. The zero-order valence-corrected chi connectivity index (χ0v) is 16.0. The lowest BCUT2D eigenvalue weighted by Gasteiger charge is -2.29. The second-order valence-corrected chi connectivity index (χ2v) is 8.27. The Labute approximate surface area is 164 Å². The monoisotopic (exact) mass is 379 g/mol. The summed E-state index contributed by atoms with van der Waals surface area (Å²) in [4.78, 5) is 23.5. The summed E-state index contributed by atoms with van der Waals surface area (Å²) in [6, 6.07) is 9.37. The van der Waals surface area contributed by atoms with E-state index < -0.39 is 0 Å². The summed E-state index contributed by atoms with van der Waals surface area (Å²) in [6.45, 7) is 4.28. The highest BCUT2D eigenvalue weighted by Crippen LogP contribution is 2.54. The number of anilines is 2. The Morgan fingerprint density at radius 3 is 2.96 bits per heavy atom. The van der Waals surface area contributed by atoms with Gasteiger partial charge in [0.2, 0.25) is 5.95 Å².